The molecule has 0 aromatic carbocycles. The van der Waals surface area contributed by atoms with E-state index in [0.717, 1.165) is 12.8 Å². The monoisotopic (exact) mass is 300 g/mol. The minimum atomic E-state index is -3.79. The second-order valence-corrected chi connectivity index (χ2v) is 6.81. The third-order valence-electron chi connectivity index (χ3n) is 3.63. The van der Waals surface area contributed by atoms with Gasteiger partial charge in [-0.15, -0.1) is 0 Å². The predicted octanol–water partition coefficient (Wildman–Crippen LogP) is 1.79. The van der Waals surface area contributed by atoms with Crippen LogP contribution in [0.3, 0.4) is 0 Å². The lowest BCUT2D eigenvalue weighted by Crippen LogP contribution is -2.14. The van der Waals surface area contributed by atoms with Gasteiger partial charge in [0.25, 0.3) is 0 Å². The molecule has 1 aromatic heterocycles. The molecule has 1 heterocycles. The molecule has 112 valence electrons. The van der Waals surface area contributed by atoms with Gasteiger partial charge in [-0.25, -0.2) is 18.4 Å². The van der Waals surface area contributed by atoms with Gasteiger partial charge in [-0.2, -0.15) is 0 Å². The quantitative estimate of drug-likeness (QED) is 0.653. The molecule has 3 N–H and O–H groups in total. The van der Waals surface area contributed by atoms with Crippen LogP contribution < -0.4 is 5.14 Å². The summed E-state index contributed by atoms with van der Waals surface area (Å²) in [4.78, 5) is 14.3. The summed E-state index contributed by atoms with van der Waals surface area (Å²) in [5, 5.41) is 4.98. The minimum Gasteiger partial charge on any atom is -0.461 e. The van der Waals surface area contributed by atoms with Crippen LogP contribution in [0.5, 0.6) is 0 Å². The van der Waals surface area contributed by atoms with E-state index in [1.807, 2.05) is 0 Å². The standard InChI is InChI=1S/C13H20N2O4S/c14-20(17,18)11-7-12(15-8-11)13(16)19-9-10-5-3-1-2-4-6-10/h7-8,10,15H,1-6,9H2,(H2,14,17,18). The maximum Gasteiger partial charge on any atom is 0.354 e. The van der Waals surface area contributed by atoms with Crippen molar-refractivity contribution >= 4 is 16.0 Å². The molecule has 1 fully saturated rings. The number of primary sulfonamides is 1. The van der Waals surface area contributed by atoms with E-state index < -0.39 is 16.0 Å². The van der Waals surface area contributed by atoms with Gasteiger partial charge in [0.05, 0.1) is 6.61 Å². The fourth-order valence-corrected chi connectivity index (χ4v) is 2.96. The van der Waals surface area contributed by atoms with Gasteiger partial charge < -0.3 is 9.72 Å². The van der Waals surface area contributed by atoms with Crippen LogP contribution in [0.15, 0.2) is 17.2 Å². The summed E-state index contributed by atoms with van der Waals surface area (Å²) in [7, 11) is -3.79. The first kappa shape index (κ1) is 15.1. The second kappa shape index (κ2) is 6.41. The van der Waals surface area contributed by atoms with E-state index in [-0.39, 0.29) is 10.6 Å². The molecule has 0 spiro atoms. The summed E-state index contributed by atoms with van der Waals surface area (Å²) in [6.45, 7) is 0.391. The van der Waals surface area contributed by atoms with Gasteiger partial charge in [-0.05, 0) is 24.8 Å². The molecule has 6 nitrogen and oxygen atoms in total. The second-order valence-electron chi connectivity index (χ2n) is 5.25. The molecule has 1 aliphatic carbocycles. The van der Waals surface area contributed by atoms with Gasteiger partial charge in [0.1, 0.15) is 10.6 Å². The highest BCUT2D eigenvalue weighted by Crippen LogP contribution is 2.23. The van der Waals surface area contributed by atoms with Gasteiger partial charge in [0, 0.05) is 6.20 Å². The summed E-state index contributed by atoms with van der Waals surface area (Å²) in [5.41, 5.74) is 0.114. The Morgan fingerprint density at radius 2 is 1.95 bits per heavy atom. The molecule has 2 rings (SSSR count). The van der Waals surface area contributed by atoms with Gasteiger partial charge in [0.15, 0.2) is 0 Å². The molecule has 0 atom stereocenters. The van der Waals surface area contributed by atoms with E-state index in [2.05, 4.69) is 4.98 Å². The SMILES string of the molecule is NS(=O)(=O)c1c[nH]c(C(=O)OCC2CCCCCC2)c1. The Kier molecular flexibility index (Phi) is 4.82. The van der Waals surface area contributed by atoms with Gasteiger partial charge in [0.2, 0.25) is 10.0 Å². The van der Waals surface area contributed by atoms with E-state index in [4.69, 9.17) is 9.88 Å². The first-order chi connectivity index (χ1) is 9.47. The van der Waals surface area contributed by atoms with Crippen molar-refractivity contribution in [3.8, 4) is 0 Å². The van der Waals surface area contributed by atoms with Crippen molar-refractivity contribution < 1.29 is 17.9 Å². The van der Waals surface area contributed by atoms with Crippen LogP contribution >= 0.6 is 0 Å². The van der Waals surface area contributed by atoms with E-state index in [0.29, 0.717) is 12.5 Å². The van der Waals surface area contributed by atoms with Crippen LogP contribution in [0.2, 0.25) is 0 Å². The molecule has 20 heavy (non-hydrogen) atoms. The molecule has 0 unspecified atom stereocenters. The molecule has 0 saturated heterocycles. The minimum absolute atomic E-state index is 0.112. The number of carbonyl (C=O) groups is 1. The van der Waals surface area contributed by atoms with E-state index in [1.165, 1.54) is 37.9 Å². The summed E-state index contributed by atoms with van der Waals surface area (Å²) in [5.74, 6) is -0.127. The zero-order valence-corrected chi connectivity index (χ0v) is 12.1. The first-order valence-electron chi connectivity index (χ1n) is 6.85. The van der Waals surface area contributed by atoms with Crippen molar-refractivity contribution in [2.75, 3.05) is 6.61 Å². The molecule has 1 aromatic rings. The number of nitrogens with one attached hydrogen (secondary N) is 1. The van der Waals surface area contributed by atoms with Crippen LogP contribution in [0.4, 0.5) is 0 Å². The number of nitrogens with two attached hydrogens (primary N) is 1. The maximum absolute atomic E-state index is 11.8. The molecule has 1 saturated carbocycles. The van der Waals surface area contributed by atoms with Crippen LogP contribution in [-0.4, -0.2) is 26.0 Å². The fourth-order valence-electron chi connectivity index (χ4n) is 2.46. The number of rotatable bonds is 4. The lowest BCUT2D eigenvalue weighted by molar-refractivity contribution is 0.0421. The molecule has 0 radical (unpaired) electrons. The molecule has 7 heteroatoms. The highest BCUT2D eigenvalue weighted by atomic mass is 32.2. The third-order valence-corrected chi connectivity index (χ3v) is 4.52. The van der Waals surface area contributed by atoms with E-state index in [1.54, 1.807) is 0 Å². The average molecular weight is 300 g/mol. The Morgan fingerprint density at radius 3 is 2.50 bits per heavy atom. The maximum atomic E-state index is 11.8. The molecule has 1 aliphatic rings. The van der Waals surface area contributed by atoms with E-state index in [9.17, 15) is 13.2 Å². The largest absolute Gasteiger partial charge is 0.461 e. The Morgan fingerprint density at radius 1 is 1.30 bits per heavy atom. The van der Waals surface area contributed by atoms with Crippen LogP contribution in [0, 0.1) is 5.92 Å². The van der Waals surface area contributed by atoms with Gasteiger partial charge >= 0.3 is 5.97 Å². The number of esters is 1. The number of aromatic nitrogens is 1. The number of aromatic amines is 1. The molecule has 0 bridgehead atoms. The highest BCUT2D eigenvalue weighted by Gasteiger charge is 2.18. The van der Waals surface area contributed by atoms with Crippen LogP contribution in [-0.2, 0) is 14.8 Å². The van der Waals surface area contributed by atoms with Crippen molar-refractivity contribution in [2.45, 2.75) is 43.4 Å². The fraction of sp³-hybridized carbons (Fsp3) is 0.615. The topological polar surface area (TPSA) is 102 Å². The van der Waals surface area contributed by atoms with Crippen molar-refractivity contribution in [1.82, 2.24) is 4.98 Å². The van der Waals surface area contributed by atoms with E-state index >= 15 is 0 Å². The van der Waals surface area contributed by atoms with Crippen molar-refractivity contribution in [1.29, 1.82) is 0 Å². The molecule has 0 amide bonds. The molecular weight excluding hydrogens is 280 g/mol. The smallest absolute Gasteiger partial charge is 0.354 e. The lowest BCUT2D eigenvalue weighted by atomic mass is 10.0. The van der Waals surface area contributed by atoms with Crippen molar-refractivity contribution in [3.05, 3.63) is 18.0 Å². The van der Waals surface area contributed by atoms with Gasteiger partial charge in [-0.3, -0.25) is 0 Å². The predicted molar refractivity (Wildman–Crippen MR) is 73.6 cm³/mol. The number of carbonyl (C=O) groups excluding carboxylic acids is 1. The number of hydrogen-bond acceptors (Lipinski definition) is 4. The average Bonchev–Trinajstić information content (AvgIpc) is 2.75. The Labute approximate surface area is 118 Å². The van der Waals surface area contributed by atoms with Crippen LogP contribution in [0.25, 0.3) is 0 Å². The molecule has 0 aliphatic heterocycles. The Hall–Kier alpha value is -1.34. The number of ether oxygens (including phenoxy) is 1. The van der Waals surface area contributed by atoms with Crippen LogP contribution in [0.1, 0.15) is 49.0 Å². The highest BCUT2D eigenvalue weighted by molar-refractivity contribution is 7.89. The summed E-state index contributed by atoms with van der Waals surface area (Å²) in [6, 6.07) is 1.20. The first-order valence-corrected chi connectivity index (χ1v) is 8.40. The summed E-state index contributed by atoms with van der Waals surface area (Å²) >= 11 is 0. The number of sulfonamides is 1. The van der Waals surface area contributed by atoms with Gasteiger partial charge in [-0.1, -0.05) is 25.7 Å². The number of H-pyrrole nitrogens is 1. The third kappa shape index (κ3) is 4.08. The normalized spacial score (nSPS) is 17.6. The van der Waals surface area contributed by atoms with Crippen molar-refractivity contribution in [2.24, 2.45) is 11.1 Å². The summed E-state index contributed by atoms with van der Waals surface area (Å²) < 4.78 is 27.5. The Balaban J connectivity index is 1.90. The number of hydrogen-bond donors (Lipinski definition) is 2. The zero-order chi connectivity index (χ0) is 14.6. The Bertz CT molecular complexity index is 557. The van der Waals surface area contributed by atoms with Crippen molar-refractivity contribution in [3.63, 3.8) is 0 Å². The zero-order valence-electron chi connectivity index (χ0n) is 11.3. The lowest BCUT2D eigenvalue weighted by Gasteiger charge is -2.13. The molecular formula is C13H20N2O4S. The summed E-state index contributed by atoms with van der Waals surface area (Å²) in [6.07, 6.45) is 8.22.